The first-order valence-corrected chi connectivity index (χ1v) is 11.4. The average Bonchev–Trinajstić information content (AvgIpc) is 2.61. The zero-order valence-corrected chi connectivity index (χ0v) is 21.4. The van der Waals surface area contributed by atoms with E-state index in [1.165, 1.54) is 4.90 Å². The van der Waals surface area contributed by atoms with E-state index in [2.05, 4.69) is 79.3 Å². The van der Waals surface area contributed by atoms with Crippen LogP contribution in [0.25, 0.3) is 0 Å². The van der Waals surface area contributed by atoms with Gasteiger partial charge in [0.2, 0.25) is 18.7 Å². The summed E-state index contributed by atoms with van der Waals surface area (Å²) < 4.78 is 0. The highest BCUT2D eigenvalue weighted by molar-refractivity contribution is 5.89. The highest BCUT2D eigenvalue weighted by atomic mass is 16.2. The maximum absolute atomic E-state index is 13.2. The fourth-order valence-corrected chi connectivity index (χ4v) is 5.91. The first-order valence-electron chi connectivity index (χ1n) is 11.4. The van der Waals surface area contributed by atoms with Crippen LogP contribution in [0.4, 0.5) is 0 Å². The third-order valence-corrected chi connectivity index (χ3v) is 8.29. The van der Waals surface area contributed by atoms with Gasteiger partial charge in [-0.2, -0.15) is 0 Å². The molecule has 0 saturated carbocycles. The smallest absolute Gasteiger partial charge is 0.248 e. The molecule has 7 nitrogen and oxygen atoms in total. The molecule has 0 aromatic heterocycles. The van der Waals surface area contributed by atoms with Crippen molar-refractivity contribution in [3.63, 3.8) is 0 Å². The molecule has 0 aromatic carbocycles. The maximum atomic E-state index is 13.2. The Labute approximate surface area is 189 Å². The molecule has 0 radical (unpaired) electrons. The van der Waals surface area contributed by atoms with Crippen molar-refractivity contribution in [2.24, 2.45) is 0 Å². The monoisotopic (exact) mass is 436 g/mol. The molecule has 2 aliphatic rings. The van der Waals surface area contributed by atoms with Gasteiger partial charge in [-0.05, 0) is 95.2 Å². The topological polar surface area (TPSA) is 64.2 Å². The molecule has 2 rings (SSSR count). The van der Waals surface area contributed by atoms with Crippen molar-refractivity contribution in [1.82, 2.24) is 19.6 Å². The number of amides is 3. The molecule has 2 heterocycles. The number of hydrogen-bond donors (Lipinski definition) is 0. The highest BCUT2D eigenvalue weighted by Crippen LogP contribution is 2.40. The first kappa shape index (κ1) is 25.8. The van der Waals surface area contributed by atoms with Gasteiger partial charge in [0.15, 0.2) is 0 Å². The lowest BCUT2D eigenvalue weighted by Crippen LogP contribution is -2.64. The Morgan fingerprint density at radius 2 is 1.10 bits per heavy atom. The van der Waals surface area contributed by atoms with Crippen LogP contribution in [0.1, 0.15) is 81.1 Å². The van der Waals surface area contributed by atoms with Crippen LogP contribution in [0.5, 0.6) is 0 Å². The van der Waals surface area contributed by atoms with Crippen LogP contribution in [0.2, 0.25) is 0 Å². The Kier molecular flexibility index (Phi) is 7.04. The van der Waals surface area contributed by atoms with E-state index >= 15 is 0 Å². The van der Waals surface area contributed by atoms with Gasteiger partial charge < -0.3 is 4.90 Å². The van der Waals surface area contributed by atoms with Gasteiger partial charge in [-0.25, -0.2) is 0 Å². The van der Waals surface area contributed by atoms with Gasteiger partial charge in [-0.1, -0.05) is 0 Å². The molecule has 178 valence electrons. The molecule has 7 heteroatoms. The fourth-order valence-electron chi connectivity index (χ4n) is 5.91. The second-order valence-corrected chi connectivity index (χ2v) is 12.2. The summed E-state index contributed by atoms with van der Waals surface area (Å²) in [5.74, 6) is -0.294. The van der Waals surface area contributed by atoms with Gasteiger partial charge in [-0.3, -0.25) is 29.1 Å². The predicted molar refractivity (Wildman–Crippen MR) is 124 cm³/mol. The van der Waals surface area contributed by atoms with Crippen molar-refractivity contribution in [1.29, 1.82) is 0 Å². The second-order valence-electron chi connectivity index (χ2n) is 12.2. The molecule has 0 N–H and O–H groups in total. The molecule has 0 unspecified atom stereocenters. The zero-order chi connectivity index (χ0) is 24.0. The zero-order valence-electron chi connectivity index (χ0n) is 21.4. The predicted octanol–water partition coefficient (Wildman–Crippen LogP) is 2.73. The van der Waals surface area contributed by atoms with Crippen LogP contribution >= 0.6 is 0 Å². The Morgan fingerprint density at radius 1 is 0.742 bits per heavy atom. The molecule has 2 aliphatic heterocycles. The Balaban J connectivity index is 2.19. The van der Waals surface area contributed by atoms with E-state index in [-0.39, 0.29) is 46.7 Å². The molecular weight excluding hydrogens is 392 g/mol. The largest absolute Gasteiger partial charge is 0.333 e. The van der Waals surface area contributed by atoms with Gasteiger partial charge in [0.05, 0.1) is 0 Å². The molecule has 0 bridgehead atoms. The number of likely N-dealkylation sites (tertiary alicyclic amines) is 2. The normalized spacial score (nSPS) is 26.3. The SMILES string of the molecule is CN1C(C)(C)CC(N(C=O)CC(=O)N(C=O)C2CC(C)(C)N(C)C(C)(C)C2)CC1(C)C. The van der Waals surface area contributed by atoms with E-state index in [4.69, 9.17) is 0 Å². The molecule has 0 aliphatic carbocycles. The highest BCUT2D eigenvalue weighted by Gasteiger charge is 2.47. The lowest BCUT2D eigenvalue weighted by molar-refractivity contribution is -0.150. The molecule has 0 aromatic rings. The van der Waals surface area contributed by atoms with Crippen molar-refractivity contribution in [3.05, 3.63) is 0 Å². The van der Waals surface area contributed by atoms with Crippen molar-refractivity contribution in [3.8, 4) is 0 Å². The number of carbonyl (C=O) groups excluding carboxylic acids is 3. The first-order chi connectivity index (χ1) is 14.0. The maximum Gasteiger partial charge on any atom is 0.248 e. The van der Waals surface area contributed by atoms with Crippen LogP contribution in [0.15, 0.2) is 0 Å². The third kappa shape index (κ3) is 5.14. The molecular formula is C24H44N4O3. The fraction of sp³-hybridized carbons (Fsp3) is 0.875. The number of nitrogens with zero attached hydrogens (tertiary/aromatic N) is 4. The van der Waals surface area contributed by atoms with Gasteiger partial charge in [-0.15, -0.1) is 0 Å². The Bertz CT molecular complexity index is 665. The van der Waals surface area contributed by atoms with E-state index in [1.54, 1.807) is 4.90 Å². The van der Waals surface area contributed by atoms with Crippen LogP contribution in [0.3, 0.4) is 0 Å². The molecule has 0 atom stereocenters. The van der Waals surface area contributed by atoms with Crippen LogP contribution < -0.4 is 0 Å². The molecule has 31 heavy (non-hydrogen) atoms. The minimum atomic E-state index is -0.294. The Hall–Kier alpha value is -1.47. The quantitative estimate of drug-likeness (QED) is 0.599. The van der Waals surface area contributed by atoms with E-state index in [1.807, 2.05) is 0 Å². The minimum absolute atomic E-state index is 0.0403. The van der Waals surface area contributed by atoms with Crippen molar-refractivity contribution in [2.75, 3.05) is 20.6 Å². The number of hydrogen-bond acceptors (Lipinski definition) is 5. The molecule has 2 fully saturated rings. The Morgan fingerprint density at radius 3 is 1.42 bits per heavy atom. The second kappa shape index (κ2) is 8.47. The minimum Gasteiger partial charge on any atom is -0.333 e. The lowest BCUT2D eigenvalue weighted by Gasteiger charge is -2.55. The number of carbonyl (C=O) groups is 3. The van der Waals surface area contributed by atoms with Crippen LogP contribution in [0, 0.1) is 0 Å². The van der Waals surface area contributed by atoms with Gasteiger partial charge in [0.1, 0.15) is 6.54 Å². The number of rotatable bonds is 6. The average molecular weight is 437 g/mol. The summed E-state index contributed by atoms with van der Waals surface area (Å²) in [5, 5.41) is 0. The summed E-state index contributed by atoms with van der Waals surface area (Å²) in [7, 11) is 4.21. The van der Waals surface area contributed by atoms with Gasteiger partial charge in [0, 0.05) is 34.2 Å². The van der Waals surface area contributed by atoms with E-state index in [0.29, 0.717) is 19.3 Å². The van der Waals surface area contributed by atoms with Gasteiger partial charge >= 0.3 is 0 Å². The molecule has 0 spiro atoms. The summed E-state index contributed by atoms with van der Waals surface area (Å²) in [4.78, 5) is 44.9. The summed E-state index contributed by atoms with van der Waals surface area (Å²) in [6, 6.07) is -0.216. The van der Waals surface area contributed by atoms with Crippen molar-refractivity contribution in [2.45, 2.75) is 115 Å². The molecule has 2 saturated heterocycles. The van der Waals surface area contributed by atoms with Crippen LogP contribution in [-0.4, -0.2) is 93.2 Å². The van der Waals surface area contributed by atoms with E-state index < -0.39 is 0 Å². The van der Waals surface area contributed by atoms with E-state index in [9.17, 15) is 14.4 Å². The lowest BCUT2D eigenvalue weighted by atomic mass is 9.76. The van der Waals surface area contributed by atoms with E-state index in [0.717, 1.165) is 19.3 Å². The number of imide groups is 1. The summed E-state index contributed by atoms with van der Waals surface area (Å²) in [6.07, 6.45) is 4.45. The van der Waals surface area contributed by atoms with Crippen molar-refractivity contribution >= 4 is 18.7 Å². The third-order valence-electron chi connectivity index (χ3n) is 8.29. The summed E-state index contributed by atoms with van der Waals surface area (Å²) in [5.41, 5.74) is -0.466. The van der Waals surface area contributed by atoms with Crippen LogP contribution in [-0.2, 0) is 14.4 Å². The van der Waals surface area contributed by atoms with Crippen molar-refractivity contribution < 1.29 is 14.4 Å². The standard InChI is InChI=1S/C24H44N4O3/c1-21(2)11-18(12-22(3,4)25(21)9)27(16-29)15-20(31)28(17-30)19-13-23(5,6)26(10)24(7,8)14-19/h16-19H,11-15H2,1-10H3. The summed E-state index contributed by atoms with van der Waals surface area (Å²) in [6.45, 7) is 17.2. The summed E-state index contributed by atoms with van der Waals surface area (Å²) >= 11 is 0. The molecule has 3 amide bonds. The van der Waals surface area contributed by atoms with Gasteiger partial charge in [0.25, 0.3) is 0 Å². The number of piperidine rings is 2.